The van der Waals surface area contributed by atoms with Gasteiger partial charge in [-0.3, -0.25) is 9.48 Å². The molecular formula is C21H23ClF3N5O2S. The Morgan fingerprint density at radius 2 is 2.06 bits per heavy atom. The SMILES string of the molecule is CC(C)N1CCC(NC(=O)c2cn(Cc3cc(-c4ccc(Cl)s4)on3)nc2C(F)(F)F)CC1. The molecule has 1 amide bonds. The van der Waals surface area contributed by atoms with Gasteiger partial charge in [0.1, 0.15) is 5.69 Å². The first kappa shape index (κ1) is 23.8. The summed E-state index contributed by atoms with van der Waals surface area (Å²) in [6, 6.07) is 5.31. The number of rotatable bonds is 6. The molecule has 1 saturated heterocycles. The van der Waals surface area contributed by atoms with Crippen LogP contribution in [0.5, 0.6) is 0 Å². The maximum absolute atomic E-state index is 13.6. The quantitative estimate of drug-likeness (QED) is 0.518. The Labute approximate surface area is 197 Å². The molecule has 0 radical (unpaired) electrons. The summed E-state index contributed by atoms with van der Waals surface area (Å²) in [6.45, 7) is 5.69. The second-order valence-corrected chi connectivity index (χ2v) is 9.97. The van der Waals surface area contributed by atoms with Crippen LogP contribution in [0.25, 0.3) is 10.6 Å². The third-order valence-corrected chi connectivity index (χ3v) is 6.81. The minimum absolute atomic E-state index is 0.0776. The molecule has 7 nitrogen and oxygen atoms in total. The number of carbonyl (C=O) groups excluding carboxylic acids is 1. The van der Waals surface area contributed by atoms with Gasteiger partial charge in [0, 0.05) is 37.4 Å². The van der Waals surface area contributed by atoms with E-state index in [9.17, 15) is 18.0 Å². The van der Waals surface area contributed by atoms with E-state index in [1.807, 2.05) is 0 Å². The summed E-state index contributed by atoms with van der Waals surface area (Å²) < 4.78 is 47.7. The van der Waals surface area contributed by atoms with Gasteiger partial charge in [-0.25, -0.2) is 0 Å². The number of nitrogens with zero attached hydrogens (tertiary/aromatic N) is 4. The van der Waals surface area contributed by atoms with Crippen molar-refractivity contribution >= 4 is 28.8 Å². The number of hydrogen-bond donors (Lipinski definition) is 1. The summed E-state index contributed by atoms with van der Waals surface area (Å²) in [4.78, 5) is 15.8. The monoisotopic (exact) mass is 501 g/mol. The van der Waals surface area contributed by atoms with Crippen molar-refractivity contribution < 1.29 is 22.5 Å². The van der Waals surface area contributed by atoms with E-state index >= 15 is 0 Å². The zero-order valence-electron chi connectivity index (χ0n) is 18.0. The fourth-order valence-corrected chi connectivity index (χ4v) is 4.81. The molecule has 0 atom stereocenters. The number of piperidine rings is 1. The number of likely N-dealkylation sites (tertiary alicyclic amines) is 1. The van der Waals surface area contributed by atoms with Gasteiger partial charge in [-0.15, -0.1) is 11.3 Å². The van der Waals surface area contributed by atoms with Crippen molar-refractivity contribution in [2.45, 2.75) is 51.5 Å². The molecule has 0 saturated carbocycles. The summed E-state index contributed by atoms with van der Waals surface area (Å²) in [5, 5.41) is 10.3. The fraction of sp³-hybridized carbons (Fsp3) is 0.476. The first-order valence-corrected chi connectivity index (χ1v) is 11.7. The average Bonchev–Trinajstić information content (AvgIpc) is 3.48. The second kappa shape index (κ2) is 9.47. The summed E-state index contributed by atoms with van der Waals surface area (Å²) in [6.07, 6.45) is -2.28. The summed E-state index contributed by atoms with van der Waals surface area (Å²) >= 11 is 7.22. The lowest BCUT2D eigenvalue weighted by molar-refractivity contribution is -0.141. The van der Waals surface area contributed by atoms with E-state index < -0.39 is 23.3 Å². The smallest absolute Gasteiger partial charge is 0.355 e. The molecule has 1 N–H and O–H groups in total. The van der Waals surface area contributed by atoms with Crippen molar-refractivity contribution in [1.29, 1.82) is 0 Å². The molecule has 3 aromatic rings. The van der Waals surface area contributed by atoms with Crippen molar-refractivity contribution in [1.82, 2.24) is 25.2 Å². The summed E-state index contributed by atoms with van der Waals surface area (Å²) in [7, 11) is 0. The molecule has 12 heteroatoms. The number of aromatic nitrogens is 3. The second-order valence-electron chi connectivity index (χ2n) is 8.25. The van der Waals surface area contributed by atoms with Crippen LogP contribution in [0.1, 0.15) is 48.4 Å². The number of amides is 1. The van der Waals surface area contributed by atoms with Crippen LogP contribution in [-0.2, 0) is 12.7 Å². The van der Waals surface area contributed by atoms with Gasteiger partial charge in [-0.2, -0.15) is 18.3 Å². The van der Waals surface area contributed by atoms with Gasteiger partial charge in [0.05, 0.1) is 21.3 Å². The van der Waals surface area contributed by atoms with Crippen LogP contribution in [0, 0.1) is 0 Å². The van der Waals surface area contributed by atoms with Crippen molar-refractivity contribution in [2.24, 2.45) is 0 Å². The number of halogens is 4. The van der Waals surface area contributed by atoms with Crippen LogP contribution >= 0.6 is 22.9 Å². The molecule has 0 spiro atoms. The molecule has 4 rings (SSSR count). The van der Waals surface area contributed by atoms with Crippen molar-refractivity contribution in [3.05, 3.63) is 45.7 Å². The summed E-state index contributed by atoms with van der Waals surface area (Å²) in [5.74, 6) is -0.318. The molecule has 0 aromatic carbocycles. The van der Waals surface area contributed by atoms with E-state index in [0.29, 0.717) is 34.7 Å². The normalized spacial score (nSPS) is 16.0. The average molecular weight is 502 g/mol. The molecule has 178 valence electrons. The van der Waals surface area contributed by atoms with Gasteiger partial charge in [0.15, 0.2) is 11.5 Å². The van der Waals surface area contributed by atoms with Crippen LogP contribution in [0.3, 0.4) is 0 Å². The maximum atomic E-state index is 13.6. The van der Waals surface area contributed by atoms with Gasteiger partial charge in [-0.05, 0) is 38.8 Å². The highest BCUT2D eigenvalue weighted by atomic mass is 35.5. The fourth-order valence-electron chi connectivity index (χ4n) is 3.82. The van der Waals surface area contributed by atoms with Crippen LogP contribution in [0.15, 0.2) is 28.9 Å². The number of carbonyl (C=O) groups is 1. The Morgan fingerprint density at radius 1 is 1.33 bits per heavy atom. The van der Waals surface area contributed by atoms with E-state index in [-0.39, 0.29) is 12.6 Å². The van der Waals surface area contributed by atoms with Crippen LogP contribution in [0.2, 0.25) is 4.34 Å². The van der Waals surface area contributed by atoms with Crippen LogP contribution in [0.4, 0.5) is 13.2 Å². The highest BCUT2D eigenvalue weighted by molar-refractivity contribution is 7.19. The molecule has 4 heterocycles. The number of thiophene rings is 1. The Balaban J connectivity index is 1.48. The highest BCUT2D eigenvalue weighted by Crippen LogP contribution is 2.33. The third kappa shape index (κ3) is 5.59. The van der Waals surface area contributed by atoms with Gasteiger partial charge in [0.25, 0.3) is 5.91 Å². The van der Waals surface area contributed by atoms with E-state index in [0.717, 1.165) is 28.8 Å². The minimum Gasteiger partial charge on any atom is -0.355 e. The van der Waals surface area contributed by atoms with E-state index in [2.05, 4.69) is 34.3 Å². The highest BCUT2D eigenvalue weighted by Gasteiger charge is 2.39. The van der Waals surface area contributed by atoms with Crippen molar-refractivity contribution in [3.63, 3.8) is 0 Å². The lowest BCUT2D eigenvalue weighted by Crippen LogP contribution is -2.46. The molecule has 3 aromatic heterocycles. The zero-order chi connectivity index (χ0) is 23.8. The van der Waals surface area contributed by atoms with Gasteiger partial charge in [0.2, 0.25) is 0 Å². The Bertz CT molecular complexity index is 1120. The van der Waals surface area contributed by atoms with Crippen LogP contribution in [-0.4, -0.2) is 50.9 Å². The van der Waals surface area contributed by atoms with Crippen LogP contribution < -0.4 is 5.32 Å². The predicted molar refractivity (Wildman–Crippen MR) is 118 cm³/mol. The van der Waals surface area contributed by atoms with E-state index in [1.165, 1.54) is 11.3 Å². The first-order chi connectivity index (χ1) is 15.6. The minimum atomic E-state index is -4.76. The van der Waals surface area contributed by atoms with Crippen molar-refractivity contribution in [2.75, 3.05) is 13.1 Å². The number of nitrogens with one attached hydrogen (secondary N) is 1. The molecule has 0 unspecified atom stereocenters. The first-order valence-electron chi connectivity index (χ1n) is 10.5. The molecule has 1 aliphatic rings. The number of hydrogen-bond acceptors (Lipinski definition) is 6. The van der Waals surface area contributed by atoms with Gasteiger partial charge in [-0.1, -0.05) is 16.8 Å². The molecule has 33 heavy (non-hydrogen) atoms. The van der Waals surface area contributed by atoms with Gasteiger partial charge < -0.3 is 14.7 Å². The Morgan fingerprint density at radius 3 is 2.67 bits per heavy atom. The zero-order valence-corrected chi connectivity index (χ0v) is 19.6. The lowest BCUT2D eigenvalue weighted by atomic mass is 10.0. The Hall–Kier alpha value is -2.37. The molecule has 1 aliphatic heterocycles. The molecule has 0 bridgehead atoms. The Kier molecular flexibility index (Phi) is 6.83. The topological polar surface area (TPSA) is 76.2 Å². The van der Waals surface area contributed by atoms with Gasteiger partial charge >= 0.3 is 6.18 Å². The summed E-state index contributed by atoms with van der Waals surface area (Å²) in [5.41, 5.74) is -1.34. The van der Waals surface area contributed by atoms with E-state index in [4.69, 9.17) is 16.1 Å². The van der Waals surface area contributed by atoms with Crippen molar-refractivity contribution in [3.8, 4) is 10.6 Å². The standard InChI is InChI=1S/C21H23ClF3N5O2S/c1-12(2)29-7-5-13(6-8-29)26-20(31)15-11-30(27-19(15)21(23,24)25)10-14-9-16(32-28-14)17-3-4-18(22)33-17/h3-4,9,11-13H,5-8,10H2,1-2H3,(H,26,31). The van der Waals surface area contributed by atoms with E-state index in [1.54, 1.807) is 18.2 Å². The number of alkyl halides is 3. The maximum Gasteiger partial charge on any atom is 0.435 e. The molecule has 0 aliphatic carbocycles. The largest absolute Gasteiger partial charge is 0.435 e. The predicted octanol–water partition coefficient (Wildman–Crippen LogP) is 4.92. The lowest BCUT2D eigenvalue weighted by Gasteiger charge is -2.34. The molecular weight excluding hydrogens is 479 g/mol. The third-order valence-electron chi connectivity index (χ3n) is 5.57. The molecule has 1 fully saturated rings.